The van der Waals surface area contributed by atoms with E-state index >= 15 is 0 Å². The Morgan fingerprint density at radius 1 is 1.40 bits per heavy atom. The second-order valence-corrected chi connectivity index (χ2v) is 4.51. The van der Waals surface area contributed by atoms with Crippen molar-refractivity contribution in [1.29, 1.82) is 5.26 Å². The minimum absolute atomic E-state index is 0.107. The van der Waals surface area contributed by atoms with Gasteiger partial charge in [0.2, 0.25) is 0 Å². The number of nitrogens with zero attached hydrogens (tertiary/aromatic N) is 2. The van der Waals surface area contributed by atoms with Crippen LogP contribution < -0.4 is 10.6 Å². The van der Waals surface area contributed by atoms with Gasteiger partial charge < -0.3 is 10.6 Å². The van der Waals surface area contributed by atoms with E-state index in [0.29, 0.717) is 10.8 Å². The molecule has 1 aromatic heterocycles. The molecule has 2 N–H and O–H groups in total. The highest BCUT2D eigenvalue weighted by Crippen LogP contribution is 2.12. The third kappa shape index (κ3) is 3.63. The van der Waals surface area contributed by atoms with E-state index in [4.69, 9.17) is 5.26 Å². The van der Waals surface area contributed by atoms with Crippen molar-refractivity contribution >= 4 is 28.1 Å². The van der Waals surface area contributed by atoms with Gasteiger partial charge in [-0.1, -0.05) is 0 Å². The van der Waals surface area contributed by atoms with Crippen molar-refractivity contribution in [2.24, 2.45) is 0 Å². The van der Waals surface area contributed by atoms with Gasteiger partial charge in [0, 0.05) is 23.5 Å². The number of rotatable bonds is 4. The second kappa shape index (κ2) is 6.45. The normalized spacial score (nSPS) is 10.7. The largest absolute Gasteiger partial charge is 0.337 e. The zero-order valence-corrected chi connectivity index (χ0v) is 10.9. The molecular formula is C13H9FN4OS. The van der Waals surface area contributed by atoms with Crippen LogP contribution in [0.5, 0.6) is 0 Å². The number of thiazole rings is 1. The number of benzene rings is 1. The van der Waals surface area contributed by atoms with E-state index in [-0.39, 0.29) is 5.57 Å². The number of carbonyl (C=O) groups excluding carboxylic acids is 1. The number of nitrogens with one attached hydrogen (secondary N) is 2. The van der Waals surface area contributed by atoms with Gasteiger partial charge in [0.15, 0.2) is 5.13 Å². The molecule has 1 amide bonds. The molecule has 0 saturated carbocycles. The molecule has 2 aromatic rings. The summed E-state index contributed by atoms with van der Waals surface area (Å²) in [6.45, 7) is 0. The topological polar surface area (TPSA) is 77.8 Å². The van der Waals surface area contributed by atoms with Gasteiger partial charge in [0.25, 0.3) is 5.91 Å². The van der Waals surface area contributed by atoms with E-state index in [1.807, 2.05) is 0 Å². The molecule has 1 heterocycles. The summed E-state index contributed by atoms with van der Waals surface area (Å²) in [4.78, 5) is 15.8. The predicted octanol–water partition coefficient (Wildman–Crippen LogP) is 2.74. The zero-order valence-electron chi connectivity index (χ0n) is 10.1. The van der Waals surface area contributed by atoms with Crippen LogP contribution in [0.15, 0.2) is 47.6 Å². The molecule has 0 spiro atoms. The Balaban J connectivity index is 2.04. The maximum atomic E-state index is 12.7. The van der Waals surface area contributed by atoms with E-state index in [1.165, 1.54) is 41.8 Å². The number of nitriles is 1. The van der Waals surface area contributed by atoms with Crippen molar-refractivity contribution in [2.75, 3.05) is 10.6 Å². The van der Waals surface area contributed by atoms with Crippen molar-refractivity contribution in [1.82, 2.24) is 4.98 Å². The lowest BCUT2D eigenvalue weighted by molar-refractivity contribution is -0.112. The fraction of sp³-hybridized carbons (Fsp3) is 0. The van der Waals surface area contributed by atoms with Gasteiger partial charge in [-0.2, -0.15) is 5.26 Å². The van der Waals surface area contributed by atoms with Crippen molar-refractivity contribution in [2.45, 2.75) is 0 Å². The molecule has 0 aliphatic rings. The number of amides is 1. The predicted molar refractivity (Wildman–Crippen MR) is 74.5 cm³/mol. The molecule has 0 aliphatic carbocycles. The quantitative estimate of drug-likeness (QED) is 0.670. The Labute approximate surface area is 118 Å². The standard InChI is InChI=1S/C13H9FN4OS/c14-10-1-3-11(4-2-10)18-12(19)9(7-15)8-17-13-16-5-6-20-13/h1-6,8H,(H,16,17)(H,18,19)/b9-8-. The molecule has 0 unspecified atom stereocenters. The van der Waals surface area contributed by atoms with E-state index in [1.54, 1.807) is 17.6 Å². The molecule has 20 heavy (non-hydrogen) atoms. The lowest BCUT2D eigenvalue weighted by atomic mass is 10.2. The first-order chi connectivity index (χ1) is 9.69. The molecule has 100 valence electrons. The molecule has 0 aliphatic heterocycles. The van der Waals surface area contributed by atoms with Gasteiger partial charge in [-0.3, -0.25) is 4.79 Å². The molecule has 2 rings (SSSR count). The number of anilines is 2. The molecule has 0 saturated heterocycles. The average Bonchev–Trinajstić information content (AvgIpc) is 2.95. The number of aromatic nitrogens is 1. The van der Waals surface area contributed by atoms with Crippen molar-refractivity contribution in [3.05, 3.63) is 53.4 Å². The van der Waals surface area contributed by atoms with Crippen LogP contribution in [-0.2, 0) is 4.79 Å². The highest BCUT2D eigenvalue weighted by Gasteiger charge is 2.09. The third-order valence-electron chi connectivity index (χ3n) is 2.24. The monoisotopic (exact) mass is 288 g/mol. The summed E-state index contributed by atoms with van der Waals surface area (Å²) in [6.07, 6.45) is 2.88. The summed E-state index contributed by atoms with van der Waals surface area (Å²) >= 11 is 1.34. The average molecular weight is 288 g/mol. The van der Waals surface area contributed by atoms with Gasteiger partial charge in [-0.25, -0.2) is 9.37 Å². The first-order valence-corrected chi connectivity index (χ1v) is 6.40. The number of halogens is 1. The summed E-state index contributed by atoms with van der Waals surface area (Å²) in [5.41, 5.74) is 0.302. The van der Waals surface area contributed by atoms with Crippen LogP contribution in [0.25, 0.3) is 0 Å². The maximum absolute atomic E-state index is 12.7. The Hall–Kier alpha value is -2.72. The fourth-order valence-electron chi connectivity index (χ4n) is 1.31. The molecule has 0 fully saturated rings. The van der Waals surface area contributed by atoms with Crippen LogP contribution in [0.2, 0.25) is 0 Å². The number of hydrogen-bond donors (Lipinski definition) is 2. The SMILES string of the molecule is N#C/C(=C/Nc1nccs1)C(=O)Nc1ccc(F)cc1. The van der Waals surface area contributed by atoms with Gasteiger partial charge >= 0.3 is 0 Å². The summed E-state index contributed by atoms with van der Waals surface area (Å²) in [6, 6.07) is 7.05. The zero-order chi connectivity index (χ0) is 14.4. The van der Waals surface area contributed by atoms with Crippen LogP contribution in [0, 0.1) is 17.1 Å². The van der Waals surface area contributed by atoms with Crippen molar-refractivity contribution in [3.8, 4) is 6.07 Å². The highest BCUT2D eigenvalue weighted by atomic mass is 32.1. The van der Waals surface area contributed by atoms with E-state index in [0.717, 1.165) is 0 Å². The van der Waals surface area contributed by atoms with E-state index in [9.17, 15) is 9.18 Å². The van der Waals surface area contributed by atoms with Crippen molar-refractivity contribution < 1.29 is 9.18 Å². The Bertz CT molecular complexity index is 659. The first-order valence-electron chi connectivity index (χ1n) is 5.52. The van der Waals surface area contributed by atoms with Crippen LogP contribution in [0.1, 0.15) is 0 Å². The minimum Gasteiger partial charge on any atom is -0.337 e. The summed E-state index contributed by atoms with van der Waals surface area (Å²) in [5.74, 6) is -0.979. The Morgan fingerprint density at radius 3 is 2.75 bits per heavy atom. The van der Waals surface area contributed by atoms with Crippen molar-refractivity contribution in [3.63, 3.8) is 0 Å². The Morgan fingerprint density at radius 2 is 2.15 bits per heavy atom. The van der Waals surface area contributed by atoms with Crippen LogP contribution in [0.4, 0.5) is 15.2 Å². The highest BCUT2D eigenvalue weighted by molar-refractivity contribution is 7.13. The molecule has 0 atom stereocenters. The minimum atomic E-state index is -0.580. The molecule has 1 aromatic carbocycles. The summed E-state index contributed by atoms with van der Waals surface area (Å²) in [7, 11) is 0. The smallest absolute Gasteiger partial charge is 0.267 e. The van der Waals surface area contributed by atoms with Gasteiger partial charge in [-0.15, -0.1) is 11.3 Å². The summed E-state index contributed by atoms with van der Waals surface area (Å²) < 4.78 is 12.7. The maximum Gasteiger partial charge on any atom is 0.267 e. The number of carbonyl (C=O) groups is 1. The molecular weight excluding hydrogens is 279 g/mol. The van der Waals surface area contributed by atoms with Gasteiger partial charge in [0.05, 0.1) is 0 Å². The molecule has 7 heteroatoms. The van der Waals surface area contributed by atoms with Crippen LogP contribution in [0.3, 0.4) is 0 Å². The Kier molecular flexibility index (Phi) is 4.42. The third-order valence-corrected chi connectivity index (χ3v) is 2.94. The fourth-order valence-corrected chi connectivity index (χ4v) is 1.81. The first kappa shape index (κ1) is 13.7. The summed E-state index contributed by atoms with van der Waals surface area (Å²) in [5, 5.41) is 16.5. The lowest BCUT2D eigenvalue weighted by Crippen LogP contribution is -2.14. The van der Waals surface area contributed by atoms with Crippen LogP contribution >= 0.6 is 11.3 Å². The second-order valence-electron chi connectivity index (χ2n) is 3.61. The lowest BCUT2D eigenvalue weighted by Gasteiger charge is -2.04. The van der Waals surface area contributed by atoms with Gasteiger partial charge in [0.1, 0.15) is 17.5 Å². The molecule has 0 bridgehead atoms. The van der Waals surface area contributed by atoms with E-state index in [2.05, 4.69) is 15.6 Å². The van der Waals surface area contributed by atoms with Gasteiger partial charge in [-0.05, 0) is 24.3 Å². The molecule has 0 radical (unpaired) electrons. The van der Waals surface area contributed by atoms with Crippen LogP contribution in [-0.4, -0.2) is 10.9 Å². The van der Waals surface area contributed by atoms with E-state index < -0.39 is 11.7 Å². The molecule has 5 nitrogen and oxygen atoms in total. The number of hydrogen-bond acceptors (Lipinski definition) is 5.